The quantitative estimate of drug-likeness (QED) is 0.880. The van der Waals surface area contributed by atoms with E-state index in [0.717, 1.165) is 16.9 Å². The molecule has 4 heteroatoms. The Balaban J connectivity index is 1.82. The fourth-order valence-corrected chi connectivity index (χ4v) is 2.27. The smallest absolute Gasteiger partial charge is 0.275 e. The Morgan fingerprint density at radius 3 is 2.39 bits per heavy atom. The summed E-state index contributed by atoms with van der Waals surface area (Å²) in [4.78, 5) is 16.4. The molecule has 0 aliphatic carbocycles. The van der Waals surface area contributed by atoms with Gasteiger partial charge in [0.05, 0.1) is 6.10 Å². The van der Waals surface area contributed by atoms with Gasteiger partial charge in [-0.2, -0.15) is 0 Å². The van der Waals surface area contributed by atoms with E-state index in [2.05, 4.69) is 10.3 Å². The maximum absolute atomic E-state index is 12.1. The van der Waals surface area contributed by atoms with Crippen molar-refractivity contribution >= 4 is 17.8 Å². The molecule has 1 heterocycles. The highest BCUT2D eigenvalue weighted by Gasteiger charge is 2.20. The SMILES string of the molecule is CC(C)Oc1ccc(C=C2N=C(c3ccccc3)NC2=O)cc1. The van der Waals surface area contributed by atoms with Crippen LogP contribution in [0.1, 0.15) is 25.0 Å². The van der Waals surface area contributed by atoms with Crippen LogP contribution >= 0.6 is 0 Å². The Morgan fingerprint density at radius 1 is 1.04 bits per heavy atom. The van der Waals surface area contributed by atoms with Crippen LogP contribution in [0.2, 0.25) is 0 Å². The average molecular weight is 306 g/mol. The van der Waals surface area contributed by atoms with Gasteiger partial charge in [-0.15, -0.1) is 0 Å². The predicted octanol–water partition coefficient (Wildman–Crippen LogP) is 3.39. The van der Waals surface area contributed by atoms with Gasteiger partial charge in [-0.25, -0.2) is 4.99 Å². The van der Waals surface area contributed by atoms with E-state index in [4.69, 9.17) is 4.74 Å². The lowest BCUT2D eigenvalue weighted by Crippen LogP contribution is -2.24. The molecule has 116 valence electrons. The summed E-state index contributed by atoms with van der Waals surface area (Å²) in [6, 6.07) is 17.2. The van der Waals surface area contributed by atoms with Crippen LogP contribution in [0.5, 0.6) is 5.75 Å². The first kappa shape index (κ1) is 15.0. The van der Waals surface area contributed by atoms with Crippen LogP contribution in [0.3, 0.4) is 0 Å². The van der Waals surface area contributed by atoms with E-state index < -0.39 is 0 Å². The van der Waals surface area contributed by atoms with E-state index in [1.54, 1.807) is 6.08 Å². The van der Waals surface area contributed by atoms with Crippen molar-refractivity contribution in [2.24, 2.45) is 4.99 Å². The number of carbonyl (C=O) groups is 1. The lowest BCUT2D eigenvalue weighted by Gasteiger charge is -2.09. The van der Waals surface area contributed by atoms with Crippen LogP contribution in [0.15, 0.2) is 65.3 Å². The lowest BCUT2D eigenvalue weighted by molar-refractivity contribution is -0.115. The van der Waals surface area contributed by atoms with Gasteiger partial charge in [-0.05, 0) is 37.6 Å². The Labute approximate surface area is 135 Å². The third-order valence-corrected chi connectivity index (χ3v) is 3.30. The molecule has 0 aromatic heterocycles. The van der Waals surface area contributed by atoms with Crippen LogP contribution in [0.4, 0.5) is 0 Å². The number of hydrogen-bond donors (Lipinski definition) is 1. The Bertz CT molecular complexity index is 760. The predicted molar refractivity (Wildman–Crippen MR) is 91.3 cm³/mol. The molecule has 3 rings (SSSR count). The summed E-state index contributed by atoms with van der Waals surface area (Å²) >= 11 is 0. The van der Waals surface area contributed by atoms with Crippen molar-refractivity contribution in [1.29, 1.82) is 0 Å². The first-order valence-electron chi connectivity index (χ1n) is 7.56. The van der Waals surface area contributed by atoms with Crippen LogP contribution in [-0.4, -0.2) is 17.8 Å². The zero-order valence-corrected chi connectivity index (χ0v) is 13.1. The minimum Gasteiger partial charge on any atom is -0.491 e. The number of rotatable bonds is 4. The van der Waals surface area contributed by atoms with Crippen molar-refractivity contribution in [1.82, 2.24) is 5.32 Å². The number of amidine groups is 1. The maximum Gasteiger partial charge on any atom is 0.275 e. The van der Waals surface area contributed by atoms with Gasteiger partial charge in [0.2, 0.25) is 0 Å². The van der Waals surface area contributed by atoms with Crippen molar-refractivity contribution in [3.8, 4) is 5.75 Å². The molecule has 1 amide bonds. The van der Waals surface area contributed by atoms with E-state index >= 15 is 0 Å². The van der Waals surface area contributed by atoms with Crippen molar-refractivity contribution in [2.75, 3.05) is 0 Å². The van der Waals surface area contributed by atoms with Gasteiger partial charge in [0.1, 0.15) is 17.3 Å². The van der Waals surface area contributed by atoms with E-state index in [-0.39, 0.29) is 12.0 Å². The topological polar surface area (TPSA) is 50.7 Å². The van der Waals surface area contributed by atoms with Crippen molar-refractivity contribution < 1.29 is 9.53 Å². The molecule has 0 saturated carbocycles. The zero-order valence-electron chi connectivity index (χ0n) is 13.1. The number of nitrogens with zero attached hydrogens (tertiary/aromatic N) is 1. The second kappa shape index (κ2) is 6.48. The van der Waals surface area contributed by atoms with Crippen molar-refractivity contribution in [3.63, 3.8) is 0 Å². The molecule has 1 aliphatic rings. The lowest BCUT2D eigenvalue weighted by atomic mass is 10.2. The largest absolute Gasteiger partial charge is 0.491 e. The molecular weight excluding hydrogens is 288 g/mol. The molecule has 1 aliphatic heterocycles. The summed E-state index contributed by atoms with van der Waals surface area (Å²) in [7, 11) is 0. The monoisotopic (exact) mass is 306 g/mol. The van der Waals surface area contributed by atoms with Crippen molar-refractivity contribution in [2.45, 2.75) is 20.0 Å². The first-order chi connectivity index (χ1) is 11.1. The third-order valence-electron chi connectivity index (χ3n) is 3.30. The summed E-state index contributed by atoms with van der Waals surface area (Å²) in [6.45, 7) is 3.97. The summed E-state index contributed by atoms with van der Waals surface area (Å²) in [5, 5.41) is 2.80. The number of amides is 1. The second-order valence-corrected chi connectivity index (χ2v) is 5.55. The van der Waals surface area contributed by atoms with Crippen LogP contribution < -0.4 is 10.1 Å². The molecule has 0 spiro atoms. The van der Waals surface area contributed by atoms with E-state index in [1.807, 2.05) is 68.4 Å². The number of carbonyl (C=O) groups excluding carboxylic acids is 1. The molecule has 23 heavy (non-hydrogen) atoms. The minimum absolute atomic E-state index is 0.137. The molecule has 0 atom stereocenters. The zero-order chi connectivity index (χ0) is 16.2. The van der Waals surface area contributed by atoms with Gasteiger partial charge in [-0.3, -0.25) is 4.79 Å². The number of ether oxygens (including phenoxy) is 1. The fourth-order valence-electron chi connectivity index (χ4n) is 2.27. The molecule has 0 fully saturated rings. The van der Waals surface area contributed by atoms with Crippen LogP contribution in [0, 0.1) is 0 Å². The highest BCUT2D eigenvalue weighted by Crippen LogP contribution is 2.18. The molecule has 1 N–H and O–H groups in total. The summed E-state index contributed by atoms with van der Waals surface area (Å²) in [6.07, 6.45) is 1.91. The third kappa shape index (κ3) is 3.66. The van der Waals surface area contributed by atoms with Gasteiger partial charge in [-0.1, -0.05) is 42.5 Å². The maximum atomic E-state index is 12.1. The van der Waals surface area contributed by atoms with Crippen LogP contribution in [-0.2, 0) is 4.79 Å². The molecule has 2 aromatic rings. The van der Waals surface area contributed by atoms with Gasteiger partial charge in [0.25, 0.3) is 5.91 Å². The minimum atomic E-state index is -0.189. The summed E-state index contributed by atoms with van der Waals surface area (Å²) < 4.78 is 5.61. The molecule has 0 unspecified atom stereocenters. The highest BCUT2D eigenvalue weighted by molar-refractivity contribution is 6.19. The second-order valence-electron chi connectivity index (χ2n) is 5.55. The molecule has 2 aromatic carbocycles. The molecule has 4 nitrogen and oxygen atoms in total. The van der Waals surface area contributed by atoms with Gasteiger partial charge < -0.3 is 10.1 Å². The Kier molecular flexibility index (Phi) is 4.24. The van der Waals surface area contributed by atoms with Crippen molar-refractivity contribution in [3.05, 3.63) is 71.4 Å². The molecule has 0 saturated heterocycles. The Hall–Kier alpha value is -2.88. The fraction of sp³-hybridized carbons (Fsp3) is 0.158. The number of hydrogen-bond acceptors (Lipinski definition) is 3. The van der Waals surface area contributed by atoms with E-state index in [1.165, 1.54) is 0 Å². The first-order valence-corrected chi connectivity index (χ1v) is 7.56. The van der Waals surface area contributed by atoms with Gasteiger partial charge >= 0.3 is 0 Å². The standard InChI is InChI=1S/C19H18N2O2/c1-13(2)23-16-10-8-14(9-11-16)12-17-19(22)21-18(20-17)15-6-4-3-5-7-15/h3-13H,1-2H3,(H,20,21,22). The van der Waals surface area contributed by atoms with Gasteiger partial charge in [0.15, 0.2) is 0 Å². The number of benzene rings is 2. The van der Waals surface area contributed by atoms with E-state index in [9.17, 15) is 4.79 Å². The number of nitrogens with one attached hydrogen (secondary N) is 1. The molecule has 0 bridgehead atoms. The highest BCUT2D eigenvalue weighted by atomic mass is 16.5. The average Bonchev–Trinajstić information content (AvgIpc) is 2.91. The Morgan fingerprint density at radius 2 is 1.74 bits per heavy atom. The molecule has 0 radical (unpaired) electrons. The normalized spacial score (nSPS) is 15.7. The van der Waals surface area contributed by atoms with Crippen LogP contribution in [0.25, 0.3) is 6.08 Å². The van der Waals surface area contributed by atoms with Gasteiger partial charge in [0, 0.05) is 5.56 Å². The summed E-state index contributed by atoms with van der Waals surface area (Å²) in [5.41, 5.74) is 2.20. The van der Waals surface area contributed by atoms with E-state index in [0.29, 0.717) is 11.5 Å². The molecular formula is C19H18N2O2. The number of aliphatic imine (C=N–C) groups is 1. The summed E-state index contributed by atoms with van der Waals surface area (Å²) in [5.74, 6) is 1.21.